The molecule has 0 unspecified atom stereocenters. The van der Waals surface area contributed by atoms with Crippen LogP contribution in [0.5, 0.6) is 0 Å². The second kappa shape index (κ2) is 5.05. The number of carbonyl (C=O) groups is 1. The molecule has 0 aliphatic rings. The summed E-state index contributed by atoms with van der Waals surface area (Å²) in [5.41, 5.74) is -1.08. The number of hydrogen-bond acceptors (Lipinski definition) is 3. The van der Waals surface area contributed by atoms with E-state index in [4.69, 9.17) is 5.26 Å². The minimum atomic E-state index is -4.53. The molecule has 20 heavy (non-hydrogen) atoms. The van der Waals surface area contributed by atoms with Crippen LogP contribution in [0.2, 0.25) is 0 Å². The van der Waals surface area contributed by atoms with Crippen molar-refractivity contribution in [3.63, 3.8) is 0 Å². The minimum Gasteiger partial charge on any atom is -0.335 e. The van der Waals surface area contributed by atoms with E-state index in [2.05, 4.69) is 15.3 Å². The Morgan fingerprint density at radius 3 is 2.80 bits per heavy atom. The Morgan fingerprint density at radius 1 is 1.40 bits per heavy atom. The maximum Gasteiger partial charge on any atom is 0.416 e. The summed E-state index contributed by atoms with van der Waals surface area (Å²) in [7, 11) is 0. The summed E-state index contributed by atoms with van der Waals surface area (Å²) in [4.78, 5) is 18.0. The number of hydrogen-bond donors (Lipinski definition) is 2. The predicted octanol–water partition coefficient (Wildman–Crippen LogP) is 2.55. The highest BCUT2D eigenvalue weighted by Gasteiger charge is 2.30. The van der Waals surface area contributed by atoms with Crippen molar-refractivity contribution >= 4 is 11.7 Å². The number of alkyl halides is 3. The Balaban J connectivity index is 2.25. The number of nitrogens with zero attached hydrogens (tertiary/aromatic N) is 2. The van der Waals surface area contributed by atoms with Crippen molar-refractivity contribution in [3.05, 3.63) is 47.4 Å². The number of imidazole rings is 1. The Morgan fingerprint density at radius 2 is 2.15 bits per heavy atom. The van der Waals surface area contributed by atoms with Crippen LogP contribution in [0.3, 0.4) is 0 Å². The highest BCUT2D eigenvalue weighted by atomic mass is 19.4. The average Bonchev–Trinajstić information content (AvgIpc) is 2.85. The first-order valence-corrected chi connectivity index (χ1v) is 5.34. The maximum absolute atomic E-state index is 12.5. The van der Waals surface area contributed by atoms with E-state index in [0.717, 1.165) is 18.2 Å². The molecule has 0 aliphatic heterocycles. The van der Waals surface area contributed by atoms with Gasteiger partial charge in [-0.2, -0.15) is 18.4 Å². The molecule has 1 amide bonds. The number of nitriles is 1. The molecule has 0 aliphatic carbocycles. The number of benzene rings is 1. The van der Waals surface area contributed by atoms with Gasteiger partial charge in [0.15, 0.2) is 11.5 Å². The molecule has 8 heteroatoms. The third kappa shape index (κ3) is 2.77. The molecule has 1 aromatic heterocycles. The summed E-state index contributed by atoms with van der Waals surface area (Å²) in [6.07, 6.45) is -3.33. The van der Waals surface area contributed by atoms with Crippen molar-refractivity contribution in [2.45, 2.75) is 6.18 Å². The molecule has 102 valence electrons. The summed E-state index contributed by atoms with van der Waals surface area (Å²) >= 11 is 0. The molecular weight excluding hydrogens is 273 g/mol. The van der Waals surface area contributed by atoms with E-state index in [0.29, 0.717) is 0 Å². The molecule has 2 rings (SSSR count). The summed E-state index contributed by atoms with van der Waals surface area (Å²) in [6, 6.07) is 5.72. The number of aromatic amines is 1. The lowest BCUT2D eigenvalue weighted by Crippen LogP contribution is -2.14. The highest BCUT2D eigenvalue weighted by Crippen LogP contribution is 2.29. The van der Waals surface area contributed by atoms with Crippen LogP contribution < -0.4 is 5.32 Å². The normalized spacial score (nSPS) is 10.9. The van der Waals surface area contributed by atoms with Crippen molar-refractivity contribution in [2.75, 3.05) is 5.32 Å². The van der Waals surface area contributed by atoms with Crippen molar-refractivity contribution in [1.82, 2.24) is 9.97 Å². The summed E-state index contributed by atoms with van der Waals surface area (Å²) < 4.78 is 37.6. The zero-order chi connectivity index (χ0) is 14.8. The summed E-state index contributed by atoms with van der Waals surface area (Å²) in [5, 5.41) is 11.0. The van der Waals surface area contributed by atoms with Gasteiger partial charge in [0.05, 0.1) is 11.9 Å². The van der Waals surface area contributed by atoms with Gasteiger partial charge < -0.3 is 10.3 Å². The van der Waals surface area contributed by atoms with Crippen LogP contribution in [0, 0.1) is 11.3 Å². The van der Waals surface area contributed by atoms with Crippen LogP contribution in [-0.2, 0) is 6.18 Å². The number of carbonyl (C=O) groups excluding carboxylic acids is 1. The second-order valence-corrected chi connectivity index (χ2v) is 3.77. The lowest BCUT2D eigenvalue weighted by molar-refractivity contribution is -0.137. The Kier molecular flexibility index (Phi) is 3.43. The van der Waals surface area contributed by atoms with E-state index in [1.54, 1.807) is 6.07 Å². The molecule has 0 radical (unpaired) electrons. The quantitative estimate of drug-likeness (QED) is 0.886. The zero-order valence-electron chi connectivity index (χ0n) is 9.82. The fraction of sp³-hybridized carbons (Fsp3) is 0.0833. The topological polar surface area (TPSA) is 81.6 Å². The van der Waals surface area contributed by atoms with Crippen molar-refractivity contribution in [3.8, 4) is 6.07 Å². The smallest absolute Gasteiger partial charge is 0.335 e. The largest absolute Gasteiger partial charge is 0.416 e. The van der Waals surface area contributed by atoms with E-state index in [1.807, 2.05) is 0 Å². The lowest BCUT2D eigenvalue weighted by atomic mass is 10.1. The number of amides is 1. The van der Waals surface area contributed by atoms with Gasteiger partial charge in [-0.25, -0.2) is 4.98 Å². The second-order valence-electron chi connectivity index (χ2n) is 3.77. The molecule has 0 saturated carbocycles. The number of aromatic nitrogens is 2. The van der Waals surface area contributed by atoms with Crippen molar-refractivity contribution in [2.24, 2.45) is 0 Å². The van der Waals surface area contributed by atoms with Gasteiger partial charge in [0.2, 0.25) is 0 Å². The fourth-order valence-corrected chi connectivity index (χ4v) is 1.49. The van der Waals surface area contributed by atoms with Gasteiger partial charge >= 0.3 is 6.18 Å². The van der Waals surface area contributed by atoms with E-state index in [1.165, 1.54) is 12.4 Å². The molecule has 0 spiro atoms. The zero-order valence-corrected chi connectivity index (χ0v) is 9.82. The van der Waals surface area contributed by atoms with Crippen LogP contribution in [0.25, 0.3) is 0 Å². The predicted molar refractivity (Wildman–Crippen MR) is 62.7 cm³/mol. The Bertz CT molecular complexity index is 684. The highest BCUT2D eigenvalue weighted by molar-refractivity contribution is 6.04. The number of nitrogens with one attached hydrogen (secondary N) is 2. The van der Waals surface area contributed by atoms with Crippen molar-refractivity contribution in [1.29, 1.82) is 5.26 Å². The van der Waals surface area contributed by atoms with Gasteiger partial charge in [-0.15, -0.1) is 0 Å². The molecule has 0 atom stereocenters. The first-order valence-electron chi connectivity index (χ1n) is 5.34. The van der Waals surface area contributed by atoms with Crippen LogP contribution >= 0.6 is 0 Å². The Labute approximate surface area is 111 Å². The van der Waals surface area contributed by atoms with E-state index in [-0.39, 0.29) is 17.1 Å². The molecule has 0 saturated heterocycles. The van der Waals surface area contributed by atoms with Gasteiger partial charge in [-0.05, 0) is 18.2 Å². The van der Waals surface area contributed by atoms with E-state index >= 15 is 0 Å². The van der Waals surface area contributed by atoms with Gasteiger partial charge in [0, 0.05) is 5.56 Å². The molecule has 2 N–H and O–H groups in total. The van der Waals surface area contributed by atoms with Gasteiger partial charge in [0.25, 0.3) is 5.91 Å². The third-order valence-corrected chi connectivity index (χ3v) is 2.44. The number of halogens is 3. The van der Waals surface area contributed by atoms with E-state index in [9.17, 15) is 18.0 Å². The van der Waals surface area contributed by atoms with Crippen molar-refractivity contribution < 1.29 is 18.0 Å². The monoisotopic (exact) mass is 280 g/mol. The van der Waals surface area contributed by atoms with Crippen LogP contribution in [0.1, 0.15) is 21.6 Å². The molecule has 0 fully saturated rings. The molecule has 1 aromatic carbocycles. The Hall–Kier alpha value is -2.82. The number of H-pyrrole nitrogens is 1. The van der Waals surface area contributed by atoms with Crippen LogP contribution in [0.4, 0.5) is 19.0 Å². The maximum atomic E-state index is 12.5. The van der Waals surface area contributed by atoms with Gasteiger partial charge in [-0.3, -0.25) is 4.79 Å². The van der Waals surface area contributed by atoms with Gasteiger partial charge in [-0.1, -0.05) is 6.07 Å². The summed E-state index contributed by atoms with van der Waals surface area (Å²) in [5.74, 6) is -0.811. The summed E-state index contributed by atoms with van der Waals surface area (Å²) in [6.45, 7) is 0. The molecule has 1 heterocycles. The number of rotatable bonds is 2. The van der Waals surface area contributed by atoms with Crippen LogP contribution in [-0.4, -0.2) is 15.9 Å². The van der Waals surface area contributed by atoms with E-state index < -0.39 is 17.6 Å². The minimum absolute atomic E-state index is 0.0188. The molecule has 5 nitrogen and oxygen atoms in total. The number of anilines is 1. The molecule has 0 bridgehead atoms. The first-order chi connectivity index (χ1) is 9.41. The SMILES string of the molecule is N#Cc1[nH]cnc1NC(=O)c1cccc(C(F)(F)F)c1. The standard InChI is InChI=1S/C12H7F3N4O/c13-12(14,15)8-3-1-2-7(4-8)11(20)19-10-9(5-16)17-6-18-10/h1-4,6H,(H,17,18)(H,19,20). The molecule has 2 aromatic rings. The lowest BCUT2D eigenvalue weighted by Gasteiger charge is -2.08. The van der Waals surface area contributed by atoms with Gasteiger partial charge in [0.1, 0.15) is 6.07 Å². The fourth-order valence-electron chi connectivity index (χ4n) is 1.49. The van der Waals surface area contributed by atoms with Crippen LogP contribution in [0.15, 0.2) is 30.6 Å². The molecular formula is C12H7F3N4O. The first kappa shape index (κ1) is 13.6. The average molecular weight is 280 g/mol. The third-order valence-electron chi connectivity index (χ3n) is 2.44.